The number of hydrogen-bond donors (Lipinski definition) is 0. The molecule has 0 unspecified atom stereocenters. The lowest BCUT2D eigenvalue weighted by Gasteiger charge is -2.18. The molecule has 0 bridgehead atoms. The third-order valence-electron chi connectivity index (χ3n) is 5.03. The standard InChI is InChI=1S/C18H15P.C12H13BrO4/c1-4-10-16(11-5-1)19(17-12-6-2-7-13-17)18-14-8-3-9-15-18;1-3-16-12(15)11-9(7-13)5-4-6-10(11)17-8(2)14/h1-15H;4-6H,3,7H2,1-2H3. The molecule has 6 heteroatoms. The normalized spacial score (nSPS) is 10.2. The van der Waals surface area contributed by atoms with Crippen LogP contribution in [0.4, 0.5) is 0 Å². The molecule has 0 heterocycles. The Labute approximate surface area is 222 Å². The summed E-state index contributed by atoms with van der Waals surface area (Å²) in [7, 11) is -0.446. The van der Waals surface area contributed by atoms with E-state index in [4.69, 9.17) is 9.47 Å². The highest BCUT2D eigenvalue weighted by atomic mass is 79.9. The van der Waals surface area contributed by atoms with Crippen molar-refractivity contribution in [2.24, 2.45) is 0 Å². The summed E-state index contributed by atoms with van der Waals surface area (Å²) in [6, 6.07) is 37.4. The third-order valence-corrected chi connectivity index (χ3v) is 8.08. The predicted octanol–water partition coefficient (Wildman–Crippen LogP) is 6.13. The van der Waals surface area contributed by atoms with Gasteiger partial charge in [-0.05, 0) is 42.4 Å². The molecule has 0 N–H and O–H groups in total. The number of alkyl halides is 1. The van der Waals surface area contributed by atoms with Crippen molar-refractivity contribution < 1.29 is 19.1 Å². The van der Waals surface area contributed by atoms with E-state index in [9.17, 15) is 9.59 Å². The van der Waals surface area contributed by atoms with Crippen molar-refractivity contribution >= 4 is 51.7 Å². The lowest BCUT2D eigenvalue weighted by atomic mass is 10.1. The van der Waals surface area contributed by atoms with Crippen LogP contribution in [0.15, 0.2) is 109 Å². The molecular formula is C30H28BrO4P. The maximum absolute atomic E-state index is 11.8. The molecule has 0 saturated carbocycles. The Bertz CT molecular complexity index is 1150. The summed E-state index contributed by atoms with van der Waals surface area (Å²) >= 11 is 3.28. The van der Waals surface area contributed by atoms with Gasteiger partial charge in [-0.2, -0.15) is 0 Å². The summed E-state index contributed by atoms with van der Waals surface area (Å²) in [6.45, 7) is 3.28. The zero-order chi connectivity index (χ0) is 25.8. The Balaban J connectivity index is 0.000000202. The van der Waals surface area contributed by atoms with Crippen LogP contribution in [0.5, 0.6) is 5.75 Å². The van der Waals surface area contributed by atoms with Crippen LogP contribution >= 0.6 is 23.9 Å². The van der Waals surface area contributed by atoms with Gasteiger partial charge in [0.1, 0.15) is 11.3 Å². The van der Waals surface area contributed by atoms with Crippen LogP contribution in [-0.4, -0.2) is 18.5 Å². The fourth-order valence-electron chi connectivity index (χ4n) is 3.54. The average Bonchev–Trinajstić information content (AvgIpc) is 2.91. The number of carbonyl (C=O) groups is 2. The van der Waals surface area contributed by atoms with Gasteiger partial charge in [-0.25, -0.2) is 4.79 Å². The number of ether oxygens (including phenoxy) is 2. The molecule has 0 saturated heterocycles. The fourth-order valence-corrected chi connectivity index (χ4v) is 6.31. The van der Waals surface area contributed by atoms with Gasteiger partial charge >= 0.3 is 11.9 Å². The minimum absolute atomic E-state index is 0.230. The van der Waals surface area contributed by atoms with Crippen LogP contribution in [-0.2, 0) is 14.9 Å². The monoisotopic (exact) mass is 562 g/mol. The second kappa shape index (κ2) is 14.3. The molecule has 4 nitrogen and oxygen atoms in total. The van der Waals surface area contributed by atoms with Crippen molar-refractivity contribution in [1.82, 2.24) is 0 Å². The van der Waals surface area contributed by atoms with Crippen LogP contribution in [0.25, 0.3) is 0 Å². The predicted molar refractivity (Wildman–Crippen MR) is 151 cm³/mol. The van der Waals surface area contributed by atoms with E-state index in [1.54, 1.807) is 25.1 Å². The molecule has 0 amide bonds. The molecule has 0 spiro atoms. The smallest absolute Gasteiger partial charge is 0.342 e. The van der Waals surface area contributed by atoms with E-state index in [-0.39, 0.29) is 12.4 Å². The zero-order valence-corrected chi connectivity index (χ0v) is 22.7. The topological polar surface area (TPSA) is 52.6 Å². The first-order chi connectivity index (χ1) is 17.5. The molecule has 0 aliphatic heterocycles. The summed E-state index contributed by atoms with van der Waals surface area (Å²) in [4.78, 5) is 22.8. The molecule has 0 radical (unpaired) electrons. The van der Waals surface area contributed by atoms with Crippen LogP contribution in [0.3, 0.4) is 0 Å². The van der Waals surface area contributed by atoms with Crippen molar-refractivity contribution in [1.29, 1.82) is 0 Å². The van der Waals surface area contributed by atoms with Crippen molar-refractivity contribution in [3.63, 3.8) is 0 Å². The molecule has 4 aromatic carbocycles. The van der Waals surface area contributed by atoms with Crippen molar-refractivity contribution in [2.45, 2.75) is 19.2 Å². The highest BCUT2D eigenvalue weighted by Gasteiger charge is 2.19. The number of carbonyl (C=O) groups excluding carboxylic acids is 2. The summed E-state index contributed by atoms with van der Waals surface area (Å²) < 4.78 is 9.94. The summed E-state index contributed by atoms with van der Waals surface area (Å²) in [6.07, 6.45) is 0. The maximum atomic E-state index is 11.8. The van der Waals surface area contributed by atoms with Crippen molar-refractivity contribution in [3.05, 3.63) is 120 Å². The first-order valence-electron chi connectivity index (χ1n) is 11.5. The van der Waals surface area contributed by atoms with Crippen LogP contribution in [0.2, 0.25) is 0 Å². The van der Waals surface area contributed by atoms with Crippen molar-refractivity contribution in [3.8, 4) is 5.75 Å². The zero-order valence-electron chi connectivity index (χ0n) is 20.3. The van der Waals surface area contributed by atoms with Gasteiger partial charge < -0.3 is 9.47 Å². The van der Waals surface area contributed by atoms with Gasteiger partial charge in [-0.15, -0.1) is 0 Å². The molecule has 0 fully saturated rings. The van der Waals surface area contributed by atoms with Gasteiger partial charge in [0.25, 0.3) is 0 Å². The Morgan fingerprint density at radius 3 is 1.58 bits per heavy atom. The molecule has 0 aliphatic rings. The van der Waals surface area contributed by atoms with Gasteiger partial charge in [0.2, 0.25) is 0 Å². The van der Waals surface area contributed by atoms with Gasteiger partial charge in [0.05, 0.1) is 6.61 Å². The van der Waals surface area contributed by atoms with Crippen LogP contribution < -0.4 is 20.7 Å². The Kier molecular flexibility index (Phi) is 10.9. The lowest BCUT2D eigenvalue weighted by molar-refractivity contribution is -0.131. The van der Waals surface area contributed by atoms with E-state index < -0.39 is 19.9 Å². The summed E-state index contributed by atoms with van der Waals surface area (Å²) in [5, 5.41) is 4.68. The highest BCUT2D eigenvalue weighted by Crippen LogP contribution is 2.32. The SMILES string of the molecule is CCOC(=O)c1c(CBr)cccc1OC(C)=O.c1ccc(P(c2ccccc2)c2ccccc2)cc1. The Morgan fingerprint density at radius 1 is 0.722 bits per heavy atom. The van der Waals surface area contributed by atoms with Gasteiger partial charge in [-0.1, -0.05) is 119 Å². The minimum Gasteiger partial charge on any atom is -0.462 e. The summed E-state index contributed by atoms with van der Waals surface area (Å²) in [5.41, 5.74) is 1.02. The van der Waals surface area contributed by atoms with E-state index in [0.29, 0.717) is 10.9 Å². The van der Waals surface area contributed by atoms with E-state index in [0.717, 1.165) is 5.56 Å². The third kappa shape index (κ3) is 7.61. The number of hydrogen-bond acceptors (Lipinski definition) is 4. The Hall–Kier alpha value is -3.27. The Morgan fingerprint density at radius 2 is 1.19 bits per heavy atom. The molecule has 4 aromatic rings. The van der Waals surface area contributed by atoms with Crippen LogP contribution in [0.1, 0.15) is 29.8 Å². The minimum atomic E-state index is -0.487. The van der Waals surface area contributed by atoms with Gasteiger partial charge in [0, 0.05) is 12.3 Å². The molecular weight excluding hydrogens is 535 g/mol. The lowest BCUT2D eigenvalue weighted by Crippen LogP contribution is -2.20. The number of benzene rings is 4. The molecule has 4 rings (SSSR count). The number of esters is 2. The van der Waals surface area contributed by atoms with E-state index in [1.165, 1.54) is 22.8 Å². The quantitative estimate of drug-likeness (QED) is 0.118. The maximum Gasteiger partial charge on any atom is 0.342 e. The molecule has 184 valence electrons. The second-order valence-electron chi connectivity index (χ2n) is 7.58. The first-order valence-corrected chi connectivity index (χ1v) is 14.0. The highest BCUT2D eigenvalue weighted by molar-refractivity contribution is 9.08. The van der Waals surface area contributed by atoms with Gasteiger partial charge in [-0.3, -0.25) is 4.79 Å². The fraction of sp³-hybridized carbons (Fsp3) is 0.133. The molecule has 0 atom stereocenters. The largest absolute Gasteiger partial charge is 0.462 e. The van der Waals surface area contributed by atoms with Crippen LogP contribution in [0, 0.1) is 0 Å². The summed E-state index contributed by atoms with van der Waals surface area (Å²) in [5.74, 6) is -0.728. The molecule has 0 aromatic heterocycles. The first kappa shape index (κ1) is 27.3. The van der Waals surface area contributed by atoms with E-state index in [2.05, 4.69) is 107 Å². The van der Waals surface area contributed by atoms with Gasteiger partial charge in [0.15, 0.2) is 0 Å². The number of halogens is 1. The molecule has 36 heavy (non-hydrogen) atoms. The number of rotatable bonds is 7. The molecule has 0 aliphatic carbocycles. The van der Waals surface area contributed by atoms with Crippen molar-refractivity contribution in [2.75, 3.05) is 6.61 Å². The van der Waals surface area contributed by atoms with E-state index in [1.807, 2.05) is 0 Å². The second-order valence-corrected chi connectivity index (χ2v) is 10.4. The van der Waals surface area contributed by atoms with E-state index >= 15 is 0 Å². The average molecular weight is 563 g/mol.